The molecule has 1 fully saturated rings. The predicted molar refractivity (Wildman–Crippen MR) is 66.3 cm³/mol. The molecule has 1 saturated heterocycles. The quantitative estimate of drug-likeness (QED) is 0.821. The molecule has 1 rings (SSSR count). The molecule has 5 nitrogen and oxygen atoms in total. The molecule has 0 atom stereocenters. The van der Waals surface area contributed by atoms with E-state index in [1.165, 1.54) is 4.31 Å². The number of hydrogen-bond donors (Lipinski definition) is 1. The van der Waals surface area contributed by atoms with E-state index in [1.54, 1.807) is 13.8 Å². The third kappa shape index (κ3) is 4.26. The molecular formula is C11H21N3O2S. The monoisotopic (exact) mass is 259 g/mol. The van der Waals surface area contributed by atoms with Crippen LogP contribution in [0.15, 0.2) is 0 Å². The predicted octanol–water partition coefficient (Wildman–Crippen LogP) is 1.10. The Morgan fingerprint density at radius 2 is 1.94 bits per heavy atom. The highest BCUT2D eigenvalue weighted by atomic mass is 32.2. The van der Waals surface area contributed by atoms with Crippen molar-refractivity contribution in [2.45, 2.75) is 33.6 Å². The topological polar surface area (TPSA) is 73.2 Å². The van der Waals surface area contributed by atoms with E-state index in [-0.39, 0.29) is 6.54 Å². The first-order valence-corrected chi connectivity index (χ1v) is 7.37. The second kappa shape index (κ2) is 5.34. The number of nitriles is 1. The van der Waals surface area contributed by atoms with E-state index in [4.69, 9.17) is 5.26 Å². The van der Waals surface area contributed by atoms with Crippen LogP contribution >= 0.6 is 0 Å². The molecule has 1 heterocycles. The number of rotatable bonds is 4. The van der Waals surface area contributed by atoms with Crippen LogP contribution in [0, 0.1) is 22.7 Å². The molecule has 98 valence electrons. The zero-order valence-corrected chi connectivity index (χ0v) is 11.5. The number of nitrogens with zero attached hydrogens (tertiary/aromatic N) is 2. The van der Waals surface area contributed by atoms with E-state index < -0.39 is 15.6 Å². The Balaban J connectivity index is 2.55. The summed E-state index contributed by atoms with van der Waals surface area (Å²) in [5, 5.41) is 8.84. The van der Waals surface area contributed by atoms with Gasteiger partial charge in [-0.1, -0.05) is 6.92 Å². The molecule has 0 amide bonds. The maximum Gasteiger partial charge on any atom is 0.279 e. The third-order valence-electron chi connectivity index (χ3n) is 3.08. The molecule has 0 bridgehead atoms. The third-order valence-corrected chi connectivity index (χ3v) is 4.64. The summed E-state index contributed by atoms with van der Waals surface area (Å²) in [7, 11) is -3.42. The van der Waals surface area contributed by atoms with E-state index in [2.05, 4.69) is 17.7 Å². The van der Waals surface area contributed by atoms with Crippen molar-refractivity contribution < 1.29 is 8.42 Å². The first-order valence-electron chi connectivity index (χ1n) is 5.93. The van der Waals surface area contributed by atoms with Crippen molar-refractivity contribution in [1.82, 2.24) is 9.03 Å². The Kier molecular flexibility index (Phi) is 4.53. The Morgan fingerprint density at radius 3 is 2.41 bits per heavy atom. The summed E-state index contributed by atoms with van der Waals surface area (Å²) in [5.74, 6) is 0.594. The molecule has 0 radical (unpaired) electrons. The second-order valence-corrected chi connectivity index (χ2v) is 7.16. The van der Waals surface area contributed by atoms with Crippen LogP contribution in [-0.2, 0) is 10.2 Å². The standard InChI is InChI=1S/C11H21N3O2S/c1-10-4-6-14(7-5-10)17(15,16)13-9-11(2,3)8-12/h10,13H,4-7,9H2,1-3H3. The smallest absolute Gasteiger partial charge is 0.201 e. The van der Waals surface area contributed by atoms with Crippen molar-refractivity contribution >= 4 is 10.2 Å². The number of hydrogen-bond acceptors (Lipinski definition) is 3. The van der Waals surface area contributed by atoms with Gasteiger partial charge in [-0.25, -0.2) is 4.72 Å². The van der Waals surface area contributed by atoms with Crippen LogP contribution in [0.5, 0.6) is 0 Å². The van der Waals surface area contributed by atoms with Gasteiger partial charge in [-0.15, -0.1) is 0 Å². The van der Waals surface area contributed by atoms with Crippen LogP contribution in [0.1, 0.15) is 33.6 Å². The SMILES string of the molecule is CC1CCN(S(=O)(=O)NCC(C)(C)C#N)CC1. The summed E-state index contributed by atoms with van der Waals surface area (Å²) in [4.78, 5) is 0. The molecule has 6 heteroatoms. The zero-order valence-electron chi connectivity index (χ0n) is 10.7. The van der Waals surface area contributed by atoms with Gasteiger partial charge in [0.1, 0.15) is 0 Å². The van der Waals surface area contributed by atoms with Gasteiger partial charge in [0.2, 0.25) is 0 Å². The van der Waals surface area contributed by atoms with Crippen molar-refractivity contribution in [3.8, 4) is 6.07 Å². The fraction of sp³-hybridized carbons (Fsp3) is 0.909. The van der Waals surface area contributed by atoms with Crippen molar-refractivity contribution in [3.05, 3.63) is 0 Å². The van der Waals surface area contributed by atoms with Crippen molar-refractivity contribution in [3.63, 3.8) is 0 Å². The van der Waals surface area contributed by atoms with E-state index in [9.17, 15) is 8.42 Å². The van der Waals surface area contributed by atoms with E-state index in [0.29, 0.717) is 19.0 Å². The molecule has 0 aromatic carbocycles. The molecule has 1 N–H and O–H groups in total. The Hall–Kier alpha value is -0.640. The molecule has 0 unspecified atom stereocenters. The number of nitrogens with one attached hydrogen (secondary N) is 1. The first kappa shape index (κ1) is 14.4. The van der Waals surface area contributed by atoms with E-state index in [0.717, 1.165) is 12.8 Å². The lowest BCUT2D eigenvalue weighted by Crippen LogP contribution is -2.46. The summed E-state index contributed by atoms with van der Waals surface area (Å²) in [6.07, 6.45) is 1.81. The van der Waals surface area contributed by atoms with Crippen LogP contribution < -0.4 is 4.72 Å². The summed E-state index contributed by atoms with van der Waals surface area (Å²) in [6.45, 7) is 6.86. The largest absolute Gasteiger partial charge is 0.279 e. The van der Waals surface area contributed by atoms with Gasteiger partial charge < -0.3 is 0 Å². The van der Waals surface area contributed by atoms with Gasteiger partial charge in [0, 0.05) is 19.6 Å². The Bertz CT molecular complexity index is 389. The Morgan fingerprint density at radius 1 is 1.41 bits per heavy atom. The van der Waals surface area contributed by atoms with Gasteiger partial charge in [0.05, 0.1) is 11.5 Å². The minimum atomic E-state index is -3.42. The first-order chi connectivity index (χ1) is 7.77. The molecule has 0 spiro atoms. The van der Waals surface area contributed by atoms with Gasteiger partial charge in [-0.2, -0.15) is 18.0 Å². The minimum Gasteiger partial charge on any atom is -0.201 e. The molecule has 1 aliphatic heterocycles. The molecule has 1 aliphatic rings. The molecule has 17 heavy (non-hydrogen) atoms. The van der Waals surface area contributed by atoms with Crippen molar-refractivity contribution in [2.24, 2.45) is 11.3 Å². The average molecular weight is 259 g/mol. The van der Waals surface area contributed by atoms with Crippen molar-refractivity contribution in [2.75, 3.05) is 19.6 Å². The lowest BCUT2D eigenvalue weighted by Gasteiger charge is -2.30. The maximum atomic E-state index is 12.0. The van der Waals surface area contributed by atoms with Crippen LogP contribution in [0.2, 0.25) is 0 Å². The van der Waals surface area contributed by atoms with Gasteiger partial charge in [-0.3, -0.25) is 0 Å². The highest BCUT2D eigenvalue weighted by Gasteiger charge is 2.28. The van der Waals surface area contributed by atoms with Crippen LogP contribution in [0.4, 0.5) is 0 Å². The molecular weight excluding hydrogens is 238 g/mol. The summed E-state index contributed by atoms with van der Waals surface area (Å²) < 4.78 is 27.9. The lowest BCUT2D eigenvalue weighted by molar-refractivity contribution is 0.283. The van der Waals surface area contributed by atoms with Crippen LogP contribution in [0.3, 0.4) is 0 Å². The number of piperidine rings is 1. The summed E-state index contributed by atoms with van der Waals surface area (Å²) in [6, 6.07) is 2.08. The molecule has 0 saturated carbocycles. The van der Waals surface area contributed by atoms with Crippen LogP contribution in [0.25, 0.3) is 0 Å². The van der Waals surface area contributed by atoms with E-state index in [1.807, 2.05) is 0 Å². The molecule has 0 aromatic rings. The highest BCUT2D eigenvalue weighted by molar-refractivity contribution is 7.87. The van der Waals surface area contributed by atoms with Gasteiger partial charge in [-0.05, 0) is 32.6 Å². The fourth-order valence-electron chi connectivity index (χ4n) is 1.63. The van der Waals surface area contributed by atoms with Gasteiger partial charge >= 0.3 is 0 Å². The normalized spacial score (nSPS) is 20.1. The lowest BCUT2D eigenvalue weighted by atomic mass is 9.97. The van der Waals surface area contributed by atoms with Gasteiger partial charge in [0.15, 0.2) is 0 Å². The van der Waals surface area contributed by atoms with E-state index >= 15 is 0 Å². The summed E-state index contributed by atoms with van der Waals surface area (Å²) >= 11 is 0. The zero-order chi connectivity index (χ0) is 13.1. The summed E-state index contributed by atoms with van der Waals surface area (Å²) in [5.41, 5.74) is -0.670. The second-order valence-electron chi connectivity index (χ2n) is 5.40. The highest BCUT2D eigenvalue weighted by Crippen LogP contribution is 2.19. The van der Waals surface area contributed by atoms with Crippen molar-refractivity contribution in [1.29, 1.82) is 5.26 Å². The molecule has 0 aliphatic carbocycles. The molecule has 0 aromatic heterocycles. The van der Waals surface area contributed by atoms with Crippen LogP contribution in [-0.4, -0.2) is 32.4 Å². The van der Waals surface area contributed by atoms with Gasteiger partial charge in [0.25, 0.3) is 10.2 Å². The average Bonchev–Trinajstić information content (AvgIpc) is 2.27. The minimum absolute atomic E-state index is 0.151. The Labute approximate surface area is 104 Å². The fourth-order valence-corrected chi connectivity index (χ4v) is 3.05. The maximum absolute atomic E-state index is 12.0.